The summed E-state index contributed by atoms with van der Waals surface area (Å²) >= 11 is 0. The molecule has 1 fully saturated rings. The maximum Gasteiger partial charge on any atom is 0.387 e. The number of nitrogens with one attached hydrogen (secondary N) is 2. The number of rotatable bonds is 11. The Hall–Kier alpha value is -2.60. The standard InChI is InChI=1S/C31H45F2N3O/c1-8-11-26(23(9-2)19-29(37-31(32)33)28(10-3)36-22(7)34)30(20(4)5)27-18-25(13-12-21(27)6)24-14-16-35-17-15-24/h9,12-13,18-20,24,31,34-35H,8,10-11,14-17H2,1-7H3/b23-9+,29-19+,30-26+,34-22?,36-28?. The quantitative estimate of drug-likeness (QED) is 0.135. The number of aryl methyl sites for hydroxylation is 1. The minimum Gasteiger partial charge on any atom is -0.433 e. The highest BCUT2D eigenvalue weighted by molar-refractivity contribution is 6.05. The van der Waals surface area contributed by atoms with Gasteiger partial charge in [-0.3, -0.25) is 5.41 Å². The molecule has 0 amide bonds. The Morgan fingerprint density at radius 1 is 1.22 bits per heavy atom. The Kier molecular flexibility index (Phi) is 12.4. The number of benzene rings is 1. The van der Waals surface area contributed by atoms with Crippen LogP contribution >= 0.6 is 0 Å². The van der Waals surface area contributed by atoms with Crippen molar-refractivity contribution in [3.05, 3.63) is 63.9 Å². The number of piperidine rings is 1. The summed E-state index contributed by atoms with van der Waals surface area (Å²) in [5.41, 5.74) is 7.41. The normalized spacial score (nSPS) is 16.9. The van der Waals surface area contributed by atoms with E-state index in [1.165, 1.54) is 29.2 Å². The maximum atomic E-state index is 13.4. The summed E-state index contributed by atoms with van der Waals surface area (Å²) in [5, 5.41) is 11.2. The molecule has 1 heterocycles. The van der Waals surface area contributed by atoms with Crippen molar-refractivity contribution in [1.29, 1.82) is 5.41 Å². The van der Waals surface area contributed by atoms with Gasteiger partial charge in [-0.2, -0.15) is 8.78 Å². The molecule has 0 aliphatic carbocycles. The minimum atomic E-state index is -2.97. The van der Waals surface area contributed by atoms with Crippen LogP contribution < -0.4 is 5.32 Å². The van der Waals surface area contributed by atoms with Crippen molar-refractivity contribution >= 4 is 17.1 Å². The van der Waals surface area contributed by atoms with E-state index >= 15 is 0 Å². The van der Waals surface area contributed by atoms with Crippen LogP contribution in [-0.2, 0) is 4.74 Å². The molecule has 204 valence electrons. The van der Waals surface area contributed by atoms with Crippen molar-refractivity contribution in [1.82, 2.24) is 5.32 Å². The fourth-order valence-electron chi connectivity index (χ4n) is 5.12. The number of halogens is 2. The molecule has 4 nitrogen and oxygen atoms in total. The fraction of sp³-hybridized carbons (Fsp3) is 0.548. The summed E-state index contributed by atoms with van der Waals surface area (Å²) in [4.78, 5) is 4.18. The lowest BCUT2D eigenvalue weighted by Gasteiger charge is -2.26. The Morgan fingerprint density at radius 3 is 2.41 bits per heavy atom. The molecule has 6 heteroatoms. The predicted molar refractivity (Wildman–Crippen MR) is 153 cm³/mol. The molecule has 0 saturated carbocycles. The average molecular weight is 514 g/mol. The second-order valence-electron chi connectivity index (χ2n) is 10.0. The number of ether oxygens (including phenoxy) is 1. The van der Waals surface area contributed by atoms with Gasteiger partial charge in [0.15, 0.2) is 0 Å². The monoisotopic (exact) mass is 513 g/mol. The third kappa shape index (κ3) is 8.74. The molecule has 0 spiro atoms. The molecule has 1 aliphatic heterocycles. The molecule has 2 N–H and O–H groups in total. The van der Waals surface area contributed by atoms with Gasteiger partial charge < -0.3 is 10.1 Å². The zero-order chi connectivity index (χ0) is 27.5. The molecule has 37 heavy (non-hydrogen) atoms. The molecule has 0 bridgehead atoms. The first-order valence-corrected chi connectivity index (χ1v) is 13.6. The van der Waals surface area contributed by atoms with Crippen LogP contribution in [0.2, 0.25) is 0 Å². The SMILES string of the molecule is C/C=C(\C=C(\OC(F)F)C(CC)=NC(C)=N)C(/CCC)=C(/c1cc(C2CCNCC2)ccc1C)C(C)C. The molecule has 0 radical (unpaired) electrons. The van der Waals surface area contributed by atoms with E-state index < -0.39 is 6.61 Å². The molecule has 1 aliphatic rings. The van der Waals surface area contributed by atoms with E-state index in [0.29, 0.717) is 18.1 Å². The van der Waals surface area contributed by atoms with Crippen molar-refractivity contribution in [3.8, 4) is 0 Å². The number of aliphatic imine (C=N–C) groups is 1. The second-order valence-corrected chi connectivity index (χ2v) is 10.0. The lowest BCUT2D eigenvalue weighted by atomic mass is 9.81. The number of nitrogens with zero attached hydrogens (tertiary/aromatic N) is 1. The molecule has 1 aromatic rings. The van der Waals surface area contributed by atoms with Gasteiger partial charge >= 0.3 is 6.61 Å². The van der Waals surface area contributed by atoms with Gasteiger partial charge in [0.25, 0.3) is 0 Å². The molecule has 1 aromatic carbocycles. The Balaban J connectivity index is 2.76. The molecule has 0 atom stereocenters. The average Bonchev–Trinajstić information content (AvgIpc) is 2.86. The van der Waals surface area contributed by atoms with Crippen molar-refractivity contribution in [2.24, 2.45) is 10.9 Å². The van der Waals surface area contributed by atoms with Gasteiger partial charge in [0, 0.05) is 0 Å². The van der Waals surface area contributed by atoms with E-state index in [2.05, 4.69) is 56.2 Å². The van der Waals surface area contributed by atoms with Gasteiger partial charge in [-0.1, -0.05) is 58.4 Å². The van der Waals surface area contributed by atoms with Crippen molar-refractivity contribution in [2.45, 2.75) is 93.1 Å². The van der Waals surface area contributed by atoms with Crippen LogP contribution in [0.1, 0.15) is 96.3 Å². The van der Waals surface area contributed by atoms with Gasteiger partial charge in [0.05, 0.1) is 5.71 Å². The van der Waals surface area contributed by atoms with E-state index in [1.807, 2.05) is 19.9 Å². The molecular weight excluding hydrogens is 468 g/mol. The van der Waals surface area contributed by atoms with Crippen molar-refractivity contribution < 1.29 is 13.5 Å². The van der Waals surface area contributed by atoms with Crippen LogP contribution in [-0.4, -0.2) is 31.2 Å². The van der Waals surface area contributed by atoms with E-state index in [9.17, 15) is 8.78 Å². The summed E-state index contributed by atoms with van der Waals surface area (Å²) in [5.74, 6) is 0.854. The van der Waals surface area contributed by atoms with Gasteiger partial charge in [-0.25, -0.2) is 4.99 Å². The van der Waals surface area contributed by atoms with Crippen LogP contribution in [0, 0.1) is 18.3 Å². The second kappa shape index (κ2) is 15.0. The van der Waals surface area contributed by atoms with Crippen molar-refractivity contribution in [3.63, 3.8) is 0 Å². The van der Waals surface area contributed by atoms with Crippen LogP contribution in [0.5, 0.6) is 0 Å². The predicted octanol–water partition coefficient (Wildman–Crippen LogP) is 8.59. The highest BCUT2D eigenvalue weighted by Gasteiger charge is 2.22. The molecule has 0 unspecified atom stereocenters. The largest absolute Gasteiger partial charge is 0.433 e. The molecule has 0 aromatic heterocycles. The van der Waals surface area contributed by atoms with E-state index in [4.69, 9.17) is 10.1 Å². The van der Waals surface area contributed by atoms with Gasteiger partial charge in [-0.15, -0.1) is 0 Å². The number of alkyl halides is 2. The smallest absolute Gasteiger partial charge is 0.387 e. The highest BCUT2D eigenvalue weighted by atomic mass is 19.3. The Labute approximate surface area is 222 Å². The first-order chi connectivity index (χ1) is 17.6. The molecule has 1 saturated heterocycles. The fourth-order valence-corrected chi connectivity index (χ4v) is 5.12. The van der Waals surface area contributed by atoms with Crippen LogP contribution in [0.3, 0.4) is 0 Å². The minimum absolute atomic E-state index is 0.0223. The number of hydrogen-bond donors (Lipinski definition) is 2. The Bertz CT molecular complexity index is 1040. The van der Waals surface area contributed by atoms with Crippen molar-refractivity contribution in [2.75, 3.05) is 13.1 Å². The number of hydrogen-bond acceptors (Lipinski definition) is 3. The first kappa shape index (κ1) is 30.6. The lowest BCUT2D eigenvalue weighted by Crippen LogP contribution is -2.26. The highest BCUT2D eigenvalue weighted by Crippen LogP contribution is 2.38. The Morgan fingerprint density at radius 2 is 1.89 bits per heavy atom. The van der Waals surface area contributed by atoms with Crippen LogP contribution in [0.15, 0.2) is 52.2 Å². The zero-order valence-corrected chi connectivity index (χ0v) is 23.7. The van der Waals surface area contributed by atoms with Gasteiger partial charge in [0.1, 0.15) is 11.6 Å². The van der Waals surface area contributed by atoms with Gasteiger partial charge in [-0.05, 0) is 111 Å². The third-order valence-corrected chi connectivity index (χ3v) is 6.85. The number of amidine groups is 1. The lowest BCUT2D eigenvalue weighted by molar-refractivity contribution is -0.0899. The molecule has 2 rings (SSSR count). The summed E-state index contributed by atoms with van der Waals surface area (Å²) in [7, 11) is 0. The maximum absolute atomic E-state index is 13.4. The summed E-state index contributed by atoms with van der Waals surface area (Å²) in [6.07, 6.45) is 8.04. The number of allylic oxidation sites excluding steroid dienone is 6. The van der Waals surface area contributed by atoms with E-state index in [-0.39, 0.29) is 17.5 Å². The van der Waals surface area contributed by atoms with E-state index in [0.717, 1.165) is 49.9 Å². The van der Waals surface area contributed by atoms with E-state index in [1.54, 1.807) is 6.08 Å². The third-order valence-electron chi connectivity index (χ3n) is 6.85. The summed E-state index contributed by atoms with van der Waals surface area (Å²) in [6, 6.07) is 6.85. The van der Waals surface area contributed by atoms with Gasteiger partial charge in [0.2, 0.25) is 0 Å². The first-order valence-electron chi connectivity index (χ1n) is 13.6. The topological polar surface area (TPSA) is 57.5 Å². The summed E-state index contributed by atoms with van der Waals surface area (Å²) in [6.45, 7) is 13.1. The van der Waals surface area contributed by atoms with Crippen LogP contribution in [0.4, 0.5) is 8.78 Å². The molecular formula is C31H45F2N3O. The zero-order valence-electron chi connectivity index (χ0n) is 23.7. The van der Waals surface area contributed by atoms with Crippen LogP contribution in [0.25, 0.3) is 5.57 Å². The summed E-state index contributed by atoms with van der Waals surface area (Å²) < 4.78 is 31.8.